The third-order valence-corrected chi connectivity index (χ3v) is 6.88. The molecule has 282 valence electrons. The SMILES string of the molecule is CC(C)(C)OC(=O)OCCOc1ncnc2c(F)cc(Br)cc12.CC(C)(C)OC(=O)OCCOc1ncnc2c(F)cc(CC(C)(C)C(=O)O)cc12. The Kier molecular flexibility index (Phi) is 14.0. The number of nitrogens with zero attached hydrogens (tertiary/aromatic N) is 4. The number of hydrogen-bond acceptors (Lipinski definition) is 13. The summed E-state index contributed by atoms with van der Waals surface area (Å²) in [5.74, 6) is -1.75. The lowest BCUT2D eigenvalue weighted by atomic mass is 9.85. The van der Waals surface area contributed by atoms with Gasteiger partial charge in [0.05, 0.1) is 16.2 Å². The molecule has 0 saturated carbocycles. The number of aromatic nitrogens is 4. The van der Waals surface area contributed by atoms with E-state index in [0.717, 1.165) is 6.33 Å². The lowest BCUT2D eigenvalue weighted by molar-refractivity contribution is -0.146. The maximum atomic E-state index is 14.5. The van der Waals surface area contributed by atoms with Crippen molar-refractivity contribution in [2.75, 3.05) is 26.4 Å². The Morgan fingerprint density at radius 1 is 0.673 bits per heavy atom. The second-order valence-corrected chi connectivity index (χ2v) is 14.7. The van der Waals surface area contributed by atoms with Gasteiger partial charge in [0.15, 0.2) is 5.82 Å². The fraction of sp³-hybridized carbons (Fsp3) is 0.457. The Labute approximate surface area is 307 Å². The molecule has 0 saturated heterocycles. The minimum atomic E-state index is -1.07. The maximum Gasteiger partial charge on any atom is 0.508 e. The van der Waals surface area contributed by atoms with E-state index >= 15 is 0 Å². The van der Waals surface area contributed by atoms with Gasteiger partial charge in [-0.25, -0.2) is 38.3 Å². The third-order valence-electron chi connectivity index (χ3n) is 6.42. The van der Waals surface area contributed by atoms with Gasteiger partial charge in [0.1, 0.15) is 67.1 Å². The Morgan fingerprint density at radius 3 is 1.56 bits per heavy atom. The van der Waals surface area contributed by atoms with Crippen molar-refractivity contribution in [2.45, 2.75) is 73.0 Å². The molecule has 0 spiro atoms. The van der Waals surface area contributed by atoms with Gasteiger partial charge in [-0.15, -0.1) is 0 Å². The van der Waals surface area contributed by atoms with Crippen molar-refractivity contribution >= 4 is 56.0 Å². The average Bonchev–Trinajstić information content (AvgIpc) is 3.00. The van der Waals surface area contributed by atoms with E-state index in [1.807, 2.05) is 0 Å². The number of carbonyl (C=O) groups is 3. The Balaban J connectivity index is 0.000000288. The second kappa shape index (κ2) is 17.5. The van der Waals surface area contributed by atoms with E-state index in [9.17, 15) is 28.3 Å². The first kappa shape index (κ1) is 41.5. The number of ether oxygens (including phenoxy) is 6. The predicted octanol–water partition coefficient (Wildman–Crippen LogP) is 7.61. The minimum Gasteiger partial charge on any atom is -0.481 e. The molecule has 0 atom stereocenters. The molecule has 0 unspecified atom stereocenters. The molecule has 0 aliphatic rings. The van der Waals surface area contributed by atoms with Crippen molar-refractivity contribution in [3.8, 4) is 11.8 Å². The van der Waals surface area contributed by atoms with Gasteiger partial charge < -0.3 is 33.5 Å². The van der Waals surface area contributed by atoms with E-state index < -0.39 is 46.5 Å². The smallest absolute Gasteiger partial charge is 0.481 e. The molecule has 0 amide bonds. The molecule has 0 fully saturated rings. The van der Waals surface area contributed by atoms with Crippen molar-refractivity contribution in [3.05, 3.63) is 58.6 Å². The summed E-state index contributed by atoms with van der Waals surface area (Å²) in [6.45, 7) is 13.4. The van der Waals surface area contributed by atoms with Gasteiger partial charge in [0, 0.05) is 4.47 Å². The molecule has 17 heteroatoms. The first-order valence-electron chi connectivity index (χ1n) is 15.9. The monoisotopic (exact) mass is 794 g/mol. The van der Waals surface area contributed by atoms with Crippen LogP contribution in [0.15, 0.2) is 41.4 Å². The summed E-state index contributed by atoms with van der Waals surface area (Å²) in [6.07, 6.45) is 0.894. The third kappa shape index (κ3) is 13.0. The van der Waals surface area contributed by atoms with Crippen LogP contribution >= 0.6 is 15.9 Å². The molecular formula is C35H41BrF2N4O10. The number of carbonyl (C=O) groups excluding carboxylic acids is 2. The topological polar surface area (TPSA) is 178 Å². The van der Waals surface area contributed by atoms with Gasteiger partial charge in [0.25, 0.3) is 0 Å². The first-order chi connectivity index (χ1) is 24.1. The lowest BCUT2D eigenvalue weighted by Gasteiger charge is -2.19. The molecule has 14 nitrogen and oxygen atoms in total. The molecule has 52 heavy (non-hydrogen) atoms. The van der Waals surface area contributed by atoms with Crippen LogP contribution in [0.25, 0.3) is 21.8 Å². The zero-order valence-electron chi connectivity index (χ0n) is 30.0. The standard InChI is InChI=1S/C20H25FN2O6.C15H16BrFN2O4/c1-19(2,3)29-18(26)28-7-6-27-16-13-8-12(10-20(4,5)17(24)25)9-14(21)15(13)22-11-23-16;1-15(2,3)23-14(20)22-5-4-21-13-10-6-9(16)7-11(17)12(10)18-8-19-13/h8-9,11H,6-7,10H2,1-5H3,(H,24,25);6-8H,4-5H2,1-3H3. The molecule has 0 aliphatic heterocycles. The number of carboxylic acid groups (broad SMARTS) is 1. The van der Waals surface area contributed by atoms with Gasteiger partial charge in [-0.2, -0.15) is 0 Å². The van der Waals surface area contributed by atoms with Crippen LogP contribution in [0.2, 0.25) is 0 Å². The molecule has 0 aliphatic carbocycles. The Bertz CT molecular complexity index is 1900. The fourth-order valence-corrected chi connectivity index (χ4v) is 4.66. The quantitative estimate of drug-likeness (QED) is 0.116. The number of rotatable bonds is 11. The summed E-state index contributed by atoms with van der Waals surface area (Å²) < 4.78 is 59.6. The summed E-state index contributed by atoms with van der Waals surface area (Å²) in [5, 5.41) is 10.0. The van der Waals surface area contributed by atoms with E-state index in [0.29, 0.717) is 20.8 Å². The fourth-order valence-electron chi connectivity index (χ4n) is 4.23. The molecule has 4 aromatic rings. The highest BCUT2D eigenvalue weighted by molar-refractivity contribution is 9.10. The van der Waals surface area contributed by atoms with Crippen molar-refractivity contribution in [1.29, 1.82) is 0 Å². The van der Waals surface area contributed by atoms with Crippen molar-refractivity contribution in [2.24, 2.45) is 5.41 Å². The molecule has 2 aromatic carbocycles. The highest BCUT2D eigenvalue weighted by Crippen LogP contribution is 2.30. The molecule has 1 N–H and O–H groups in total. The van der Waals surface area contributed by atoms with E-state index in [4.69, 9.17) is 28.4 Å². The minimum absolute atomic E-state index is 0.0170. The largest absolute Gasteiger partial charge is 0.508 e. The maximum absolute atomic E-state index is 14.5. The Hall–Kier alpha value is -4.93. The van der Waals surface area contributed by atoms with Crippen molar-refractivity contribution in [3.63, 3.8) is 0 Å². The molecule has 2 aromatic heterocycles. The van der Waals surface area contributed by atoms with Crippen molar-refractivity contribution in [1.82, 2.24) is 19.9 Å². The molecule has 4 rings (SSSR count). The van der Waals surface area contributed by atoms with E-state index in [2.05, 4.69) is 35.9 Å². The second-order valence-electron chi connectivity index (χ2n) is 13.8. The van der Waals surface area contributed by atoms with E-state index in [-0.39, 0.29) is 55.6 Å². The summed E-state index contributed by atoms with van der Waals surface area (Å²) in [4.78, 5) is 50.1. The first-order valence-corrected chi connectivity index (χ1v) is 16.7. The van der Waals surface area contributed by atoms with Crippen LogP contribution in [0.3, 0.4) is 0 Å². The van der Waals surface area contributed by atoms with Crippen LogP contribution in [0.1, 0.15) is 61.0 Å². The lowest BCUT2D eigenvalue weighted by Crippen LogP contribution is -2.26. The van der Waals surface area contributed by atoms with Gasteiger partial charge in [-0.05, 0) is 91.6 Å². The summed E-state index contributed by atoms with van der Waals surface area (Å²) in [5.41, 5.74) is -1.67. The summed E-state index contributed by atoms with van der Waals surface area (Å²) in [6, 6.07) is 5.83. The van der Waals surface area contributed by atoms with Crippen LogP contribution < -0.4 is 9.47 Å². The van der Waals surface area contributed by atoms with Gasteiger partial charge in [0.2, 0.25) is 11.8 Å². The number of hydrogen-bond donors (Lipinski definition) is 1. The summed E-state index contributed by atoms with van der Waals surface area (Å²) in [7, 11) is 0. The summed E-state index contributed by atoms with van der Waals surface area (Å²) >= 11 is 3.21. The van der Waals surface area contributed by atoms with Gasteiger partial charge in [-0.3, -0.25) is 4.79 Å². The normalized spacial score (nSPS) is 11.7. The molecule has 2 heterocycles. The van der Waals surface area contributed by atoms with Crippen molar-refractivity contribution < 1.29 is 56.7 Å². The Morgan fingerprint density at radius 2 is 1.12 bits per heavy atom. The van der Waals surface area contributed by atoms with Gasteiger partial charge in [-0.1, -0.05) is 15.9 Å². The van der Waals surface area contributed by atoms with Crippen LogP contribution in [0.4, 0.5) is 18.4 Å². The van der Waals surface area contributed by atoms with Crippen LogP contribution in [-0.2, 0) is 30.2 Å². The number of fused-ring (bicyclic) bond motifs is 2. The highest BCUT2D eigenvalue weighted by Gasteiger charge is 2.28. The van der Waals surface area contributed by atoms with E-state index in [1.54, 1.807) is 67.5 Å². The van der Waals surface area contributed by atoms with E-state index in [1.165, 1.54) is 18.5 Å². The van der Waals surface area contributed by atoms with Crippen LogP contribution in [0, 0.1) is 17.0 Å². The molecule has 0 radical (unpaired) electrons. The zero-order chi connectivity index (χ0) is 38.9. The number of aliphatic carboxylic acids is 1. The number of benzene rings is 2. The van der Waals surface area contributed by atoms with Crippen LogP contribution in [0.5, 0.6) is 11.8 Å². The highest BCUT2D eigenvalue weighted by atomic mass is 79.9. The zero-order valence-corrected chi connectivity index (χ0v) is 31.6. The molecular weight excluding hydrogens is 754 g/mol. The van der Waals surface area contributed by atoms with Gasteiger partial charge >= 0.3 is 18.3 Å². The number of halogens is 3. The predicted molar refractivity (Wildman–Crippen MR) is 187 cm³/mol. The number of carboxylic acids is 1. The van der Waals surface area contributed by atoms with Crippen LogP contribution in [-0.4, -0.2) is 81.0 Å². The molecule has 0 bridgehead atoms. The average molecular weight is 796 g/mol.